The fraction of sp³-hybridized carbons (Fsp3) is 0.656. The second-order valence-corrected chi connectivity index (χ2v) is 20.9. The first-order valence-electron chi connectivity index (χ1n) is 27.9. The van der Waals surface area contributed by atoms with E-state index < -0.39 is 26.6 Å². The van der Waals surface area contributed by atoms with Crippen LogP contribution in [0.1, 0.15) is 206 Å². The Hall–Kier alpha value is -3.10. The van der Waals surface area contributed by atoms with Crippen LogP contribution in [0.5, 0.6) is 0 Å². The number of hydrogen-bond donors (Lipinski definition) is 2. The molecule has 70 heavy (non-hydrogen) atoms. The number of aliphatic hydroxyl groups excluding tert-OH is 1. The zero-order valence-corrected chi connectivity index (χ0v) is 46.3. The molecule has 3 unspecified atom stereocenters. The molecule has 0 fully saturated rings. The fourth-order valence-corrected chi connectivity index (χ4v) is 8.00. The number of likely N-dealkylation sites (N-methyl/N-ethyl adjacent to an activating group) is 1. The average Bonchev–Trinajstić information content (AvgIpc) is 3.32. The van der Waals surface area contributed by atoms with E-state index in [1.165, 1.54) is 83.5 Å². The van der Waals surface area contributed by atoms with Gasteiger partial charge in [-0.2, -0.15) is 0 Å². The highest BCUT2D eigenvalue weighted by molar-refractivity contribution is 7.45. The number of amides is 1. The minimum absolute atomic E-state index is 0.0154. The van der Waals surface area contributed by atoms with E-state index in [0.29, 0.717) is 17.4 Å². The maximum absolute atomic E-state index is 12.9. The molecule has 0 aromatic heterocycles. The summed E-state index contributed by atoms with van der Waals surface area (Å²) < 4.78 is 23.3. The Morgan fingerprint density at radius 3 is 1.33 bits per heavy atom. The number of quaternary nitrogens is 1. The molecule has 0 saturated heterocycles. The Balaban J connectivity index is 4.21. The lowest BCUT2D eigenvalue weighted by molar-refractivity contribution is -0.870. The summed E-state index contributed by atoms with van der Waals surface area (Å²) in [7, 11) is 1.22. The van der Waals surface area contributed by atoms with Crippen molar-refractivity contribution >= 4 is 13.7 Å². The summed E-state index contributed by atoms with van der Waals surface area (Å²) in [6.45, 7) is 4.47. The van der Waals surface area contributed by atoms with E-state index in [-0.39, 0.29) is 12.5 Å². The molecule has 1 amide bonds. The Morgan fingerprint density at radius 2 is 0.886 bits per heavy atom. The van der Waals surface area contributed by atoms with Crippen LogP contribution in [-0.4, -0.2) is 68.5 Å². The molecule has 0 spiro atoms. The van der Waals surface area contributed by atoms with Gasteiger partial charge in [-0.3, -0.25) is 9.36 Å². The molecule has 0 aliphatic carbocycles. The molecule has 0 aromatic rings. The van der Waals surface area contributed by atoms with Crippen LogP contribution < -0.4 is 10.2 Å². The molecular formula is C61H105N2O6P. The first-order valence-corrected chi connectivity index (χ1v) is 29.4. The number of rotatable bonds is 49. The normalized spacial score (nSPS) is 14.9. The molecule has 0 aliphatic rings. The van der Waals surface area contributed by atoms with Crippen molar-refractivity contribution in [2.75, 3.05) is 40.9 Å². The topological polar surface area (TPSA) is 108 Å². The van der Waals surface area contributed by atoms with Gasteiger partial charge in [0.2, 0.25) is 5.91 Å². The number of nitrogens with zero attached hydrogens (tertiary/aromatic N) is 1. The van der Waals surface area contributed by atoms with Crippen molar-refractivity contribution < 1.29 is 32.9 Å². The highest BCUT2D eigenvalue weighted by Gasteiger charge is 2.23. The van der Waals surface area contributed by atoms with Crippen LogP contribution in [0.2, 0.25) is 0 Å². The third-order valence-corrected chi connectivity index (χ3v) is 12.6. The summed E-state index contributed by atoms with van der Waals surface area (Å²) in [5.41, 5.74) is 0. The predicted octanol–water partition coefficient (Wildman–Crippen LogP) is 16.3. The van der Waals surface area contributed by atoms with Gasteiger partial charge < -0.3 is 28.8 Å². The SMILES string of the molecule is CC/C=C\C/C=C\C/C=C\C/C=C\C/C=C\C/C=C\C/C=C\CCCCCCCCCCCCCC(=O)NC(COP(=O)([O-])OCC[N+](C)(C)C)C(O)/C=C/CC/C=C/CC/C=C/CCCCCCC. The number of carbonyl (C=O) groups is 1. The van der Waals surface area contributed by atoms with E-state index in [4.69, 9.17) is 9.05 Å². The van der Waals surface area contributed by atoms with Gasteiger partial charge in [-0.1, -0.05) is 219 Å². The molecule has 0 bridgehead atoms. The number of unbranched alkanes of at least 4 members (excludes halogenated alkanes) is 18. The molecule has 0 heterocycles. The van der Waals surface area contributed by atoms with E-state index >= 15 is 0 Å². The third kappa shape index (κ3) is 52.7. The molecule has 3 atom stereocenters. The minimum Gasteiger partial charge on any atom is -0.756 e. The molecule has 9 heteroatoms. The highest BCUT2D eigenvalue weighted by atomic mass is 31.2. The zero-order chi connectivity index (χ0) is 51.3. The van der Waals surface area contributed by atoms with Crippen LogP contribution in [0.4, 0.5) is 0 Å². The molecule has 0 aromatic carbocycles. The lowest BCUT2D eigenvalue weighted by Gasteiger charge is -2.29. The van der Waals surface area contributed by atoms with Crippen molar-refractivity contribution in [1.29, 1.82) is 0 Å². The molecule has 400 valence electrons. The second kappa shape index (κ2) is 50.8. The van der Waals surface area contributed by atoms with Crippen LogP contribution in [0.25, 0.3) is 0 Å². The van der Waals surface area contributed by atoms with E-state index in [2.05, 4.69) is 129 Å². The molecule has 2 N–H and O–H groups in total. The summed E-state index contributed by atoms with van der Waals surface area (Å²) in [5, 5.41) is 13.8. The van der Waals surface area contributed by atoms with Crippen molar-refractivity contribution in [1.82, 2.24) is 5.32 Å². The summed E-state index contributed by atoms with van der Waals surface area (Å²) in [5.74, 6) is -0.221. The quantitative estimate of drug-likeness (QED) is 0.0272. The van der Waals surface area contributed by atoms with Gasteiger partial charge in [0.15, 0.2) is 0 Å². The Labute approximate surface area is 431 Å². The van der Waals surface area contributed by atoms with Crippen LogP contribution in [-0.2, 0) is 18.4 Å². The first kappa shape index (κ1) is 66.9. The highest BCUT2D eigenvalue weighted by Crippen LogP contribution is 2.38. The van der Waals surface area contributed by atoms with Crippen LogP contribution in [0.15, 0.2) is 122 Å². The van der Waals surface area contributed by atoms with Crippen molar-refractivity contribution in [3.63, 3.8) is 0 Å². The lowest BCUT2D eigenvalue weighted by atomic mass is 10.0. The van der Waals surface area contributed by atoms with Gasteiger partial charge in [-0.25, -0.2) is 0 Å². The molecule has 8 nitrogen and oxygen atoms in total. The average molecular weight is 993 g/mol. The largest absolute Gasteiger partial charge is 0.756 e. The summed E-state index contributed by atoms with van der Waals surface area (Å²) >= 11 is 0. The smallest absolute Gasteiger partial charge is 0.268 e. The van der Waals surface area contributed by atoms with Gasteiger partial charge in [-0.05, 0) is 103 Å². The van der Waals surface area contributed by atoms with Crippen molar-refractivity contribution in [2.45, 2.75) is 219 Å². The summed E-state index contributed by atoms with van der Waals surface area (Å²) in [6.07, 6.45) is 75.6. The number of hydrogen-bond acceptors (Lipinski definition) is 6. The van der Waals surface area contributed by atoms with Crippen molar-refractivity contribution in [2.24, 2.45) is 0 Å². The first-order chi connectivity index (χ1) is 34.0. The number of phosphoric acid groups is 1. The van der Waals surface area contributed by atoms with Gasteiger partial charge >= 0.3 is 0 Å². The Kier molecular flexibility index (Phi) is 48.6. The molecular weight excluding hydrogens is 888 g/mol. The zero-order valence-electron chi connectivity index (χ0n) is 45.4. The minimum atomic E-state index is -4.61. The summed E-state index contributed by atoms with van der Waals surface area (Å²) in [4.78, 5) is 25.4. The molecule has 0 rings (SSSR count). The fourth-order valence-electron chi connectivity index (χ4n) is 7.28. The predicted molar refractivity (Wildman–Crippen MR) is 302 cm³/mol. The molecule has 0 saturated carbocycles. The summed E-state index contributed by atoms with van der Waals surface area (Å²) in [6, 6.07) is -0.919. The van der Waals surface area contributed by atoms with E-state index in [1.54, 1.807) is 6.08 Å². The van der Waals surface area contributed by atoms with Gasteiger partial charge in [0.1, 0.15) is 13.2 Å². The van der Waals surface area contributed by atoms with Gasteiger partial charge in [0, 0.05) is 6.42 Å². The molecule has 0 radical (unpaired) electrons. The molecule has 0 aliphatic heterocycles. The van der Waals surface area contributed by atoms with E-state index in [9.17, 15) is 19.4 Å². The van der Waals surface area contributed by atoms with Crippen LogP contribution in [0.3, 0.4) is 0 Å². The number of carbonyl (C=O) groups excluding carboxylic acids is 1. The maximum atomic E-state index is 12.9. The number of allylic oxidation sites excluding steroid dienone is 19. The van der Waals surface area contributed by atoms with E-state index in [0.717, 1.165) is 103 Å². The number of phosphoric ester groups is 1. The lowest BCUT2D eigenvalue weighted by Crippen LogP contribution is -2.45. The van der Waals surface area contributed by atoms with Gasteiger partial charge in [-0.15, -0.1) is 0 Å². The van der Waals surface area contributed by atoms with Gasteiger partial charge in [0.05, 0.1) is 39.9 Å². The maximum Gasteiger partial charge on any atom is 0.268 e. The van der Waals surface area contributed by atoms with Crippen molar-refractivity contribution in [3.05, 3.63) is 122 Å². The standard InChI is InChI=1S/C61H105N2O6P/c1-6-8-10-12-14-16-18-20-22-23-24-25-26-27-28-29-30-31-32-33-34-35-36-37-38-39-41-43-45-47-49-51-53-55-61(65)62-59(58-69-70(66,67)68-57-56-63(3,4)5)60(64)54-52-50-48-46-44-42-40-21-19-17-15-13-11-9-7-2/h8,10,14,16,19-22,24-25,27-28,30-31,33-34,44,46,52,54,59-60,64H,6-7,9,11-13,15,17-18,23,26,29,32,35-43,45,47-51,53,55-58H2,1-5H3,(H-,62,65,66,67)/b10-8-,16-14-,21-19+,22-20-,25-24-,28-27-,31-30-,34-33-,46-44+,54-52+. The Morgan fingerprint density at radius 1 is 0.514 bits per heavy atom. The number of aliphatic hydroxyl groups is 1. The van der Waals surface area contributed by atoms with E-state index in [1.807, 2.05) is 27.2 Å². The Bertz CT molecular complexity index is 1550. The number of nitrogens with one attached hydrogen (secondary N) is 1. The van der Waals surface area contributed by atoms with Crippen LogP contribution in [0, 0.1) is 0 Å². The second-order valence-electron chi connectivity index (χ2n) is 19.5. The van der Waals surface area contributed by atoms with Crippen LogP contribution >= 0.6 is 7.82 Å². The van der Waals surface area contributed by atoms with Gasteiger partial charge in [0.25, 0.3) is 7.82 Å². The monoisotopic (exact) mass is 993 g/mol. The third-order valence-electron chi connectivity index (χ3n) is 11.6. The van der Waals surface area contributed by atoms with Crippen molar-refractivity contribution in [3.8, 4) is 0 Å².